The molecule has 1 heteroatoms. The Kier molecular flexibility index (Phi) is 3.28. The Morgan fingerprint density at radius 3 is 2.46 bits per heavy atom. The SMILES string of the molecule is C#Cc1ccc(CCC(C)=O)cc1. The highest BCUT2D eigenvalue weighted by molar-refractivity contribution is 5.75. The summed E-state index contributed by atoms with van der Waals surface area (Å²) in [6.07, 6.45) is 6.63. The molecule has 0 N–H and O–H groups in total. The molecule has 0 fully saturated rings. The van der Waals surface area contributed by atoms with Crippen LogP contribution in [0.1, 0.15) is 24.5 Å². The standard InChI is InChI=1S/C12H12O/c1-3-11-6-8-12(9-7-11)5-4-10(2)13/h1,6-9H,4-5H2,2H3. The number of hydrogen-bond donors (Lipinski definition) is 0. The van der Waals surface area contributed by atoms with Crippen molar-refractivity contribution in [3.63, 3.8) is 0 Å². The van der Waals surface area contributed by atoms with E-state index in [1.54, 1.807) is 6.92 Å². The van der Waals surface area contributed by atoms with Gasteiger partial charge in [-0.05, 0) is 31.0 Å². The lowest BCUT2D eigenvalue weighted by molar-refractivity contribution is -0.116. The molecule has 1 nitrogen and oxygen atoms in total. The third-order valence-corrected chi connectivity index (χ3v) is 1.89. The van der Waals surface area contributed by atoms with Crippen molar-refractivity contribution >= 4 is 5.78 Å². The van der Waals surface area contributed by atoms with Crippen LogP contribution >= 0.6 is 0 Å². The zero-order chi connectivity index (χ0) is 9.68. The maximum atomic E-state index is 10.7. The van der Waals surface area contributed by atoms with E-state index >= 15 is 0 Å². The highest BCUT2D eigenvalue weighted by Crippen LogP contribution is 2.05. The van der Waals surface area contributed by atoms with E-state index < -0.39 is 0 Å². The number of carbonyl (C=O) groups is 1. The molecule has 1 aromatic carbocycles. The summed E-state index contributed by atoms with van der Waals surface area (Å²) in [6, 6.07) is 7.74. The molecule has 0 saturated carbocycles. The van der Waals surface area contributed by atoms with Crippen molar-refractivity contribution in [2.75, 3.05) is 0 Å². The molecular weight excluding hydrogens is 160 g/mol. The lowest BCUT2D eigenvalue weighted by Gasteiger charge is -1.98. The molecule has 0 aliphatic heterocycles. The van der Waals surface area contributed by atoms with E-state index in [1.165, 1.54) is 0 Å². The van der Waals surface area contributed by atoms with Crippen LogP contribution in [0.4, 0.5) is 0 Å². The summed E-state index contributed by atoms with van der Waals surface area (Å²) in [7, 11) is 0. The van der Waals surface area contributed by atoms with Crippen LogP contribution in [0.5, 0.6) is 0 Å². The number of hydrogen-bond acceptors (Lipinski definition) is 1. The van der Waals surface area contributed by atoms with Gasteiger partial charge in [0.15, 0.2) is 0 Å². The molecule has 1 rings (SSSR count). The van der Waals surface area contributed by atoms with E-state index in [0.717, 1.165) is 17.5 Å². The summed E-state index contributed by atoms with van der Waals surface area (Å²) in [5.41, 5.74) is 2.04. The normalized spacial score (nSPS) is 9.23. The van der Waals surface area contributed by atoms with Crippen molar-refractivity contribution in [2.45, 2.75) is 19.8 Å². The van der Waals surface area contributed by atoms with Crippen molar-refractivity contribution in [1.82, 2.24) is 0 Å². The van der Waals surface area contributed by atoms with Crippen LogP contribution in [-0.4, -0.2) is 5.78 Å². The first-order valence-corrected chi connectivity index (χ1v) is 4.27. The van der Waals surface area contributed by atoms with E-state index in [-0.39, 0.29) is 5.78 Å². The fraction of sp³-hybridized carbons (Fsp3) is 0.250. The highest BCUT2D eigenvalue weighted by Gasteiger charge is 1.96. The van der Waals surface area contributed by atoms with E-state index in [2.05, 4.69) is 5.92 Å². The number of aryl methyl sites for hydroxylation is 1. The van der Waals surface area contributed by atoms with Crippen molar-refractivity contribution in [2.24, 2.45) is 0 Å². The summed E-state index contributed by atoms with van der Waals surface area (Å²) < 4.78 is 0. The van der Waals surface area contributed by atoms with Gasteiger partial charge in [0.05, 0.1) is 0 Å². The van der Waals surface area contributed by atoms with Crippen LogP contribution in [0.2, 0.25) is 0 Å². The van der Waals surface area contributed by atoms with Crippen molar-refractivity contribution in [3.05, 3.63) is 35.4 Å². The molecule has 0 amide bonds. The van der Waals surface area contributed by atoms with Crippen LogP contribution in [0.25, 0.3) is 0 Å². The first-order valence-electron chi connectivity index (χ1n) is 4.27. The fourth-order valence-corrected chi connectivity index (χ4v) is 1.09. The summed E-state index contributed by atoms with van der Waals surface area (Å²) in [5.74, 6) is 2.78. The minimum atomic E-state index is 0.223. The Bertz CT molecular complexity index is 327. The lowest BCUT2D eigenvalue weighted by Crippen LogP contribution is -1.93. The van der Waals surface area contributed by atoms with E-state index in [9.17, 15) is 4.79 Å². The third kappa shape index (κ3) is 3.13. The first kappa shape index (κ1) is 9.54. The van der Waals surface area contributed by atoms with Crippen molar-refractivity contribution in [1.29, 1.82) is 0 Å². The molecule has 0 radical (unpaired) electrons. The number of rotatable bonds is 3. The zero-order valence-electron chi connectivity index (χ0n) is 7.71. The molecular formula is C12H12O. The predicted molar refractivity (Wildman–Crippen MR) is 53.4 cm³/mol. The summed E-state index contributed by atoms with van der Waals surface area (Å²) in [4.78, 5) is 10.7. The Balaban J connectivity index is 2.60. The molecule has 0 unspecified atom stereocenters. The number of benzene rings is 1. The van der Waals surface area contributed by atoms with Gasteiger partial charge in [-0.3, -0.25) is 0 Å². The molecule has 0 aromatic heterocycles. The summed E-state index contributed by atoms with van der Waals surface area (Å²) in [6.45, 7) is 1.61. The molecule has 0 heterocycles. The van der Waals surface area contributed by atoms with Gasteiger partial charge in [0.1, 0.15) is 5.78 Å². The topological polar surface area (TPSA) is 17.1 Å². The summed E-state index contributed by atoms with van der Waals surface area (Å²) in [5, 5.41) is 0. The van der Waals surface area contributed by atoms with Crippen molar-refractivity contribution in [3.8, 4) is 12.3 Å². The highest BCUT2D eigenvalue weighted by atomic mass is 16.1. The van der Waals surface area contributed by atoms with Gasteiger partial charge in [-0.1, -0.05) is 18.1 Å². The average molecular weight is 172 g/mol. The molecule has 0 atom stereocenters. The van der Waals surface area contributed by atoms with Gasteiger partial charge < -0.3 is 4.79 Å². The van der Waals surface area contributed by atoms with E-state index in [1.807, 2.05) is 24.3 Å². The number of terminal acetylenes is 1. The molecule has 66 valence electrons. The largest absolute Gasteiger partial charge is 0.300 e. The molecule has 1 aromatic rings. The average Bonchev–Trinajstić information content (AvgIpc) is 2.15. The monoisotopic (exact) mass is 172 g/mol. The second-order valence-corrected chi connectivity index (χ2v) is 3.04. The molecule has 13 heavy (non-hydrogen) atoms. The van der Waals surface area contributed by atoms with Crippen LogP contribution in [0, 0.1) is 12.3 Å². The maximum absolute atomic E-state index is 10.7. The van der Waals surface area contributed by atoms with Gasteiger partial charge in [0, 0.05) is 12.0 Å². The van der Waals surface area contributed by atoms with Gasteiger partial charge in [-0.2, -0.15) is 0 Å². The maximum Gasteiger partial charge on any atom is 0.130 e. The van der Waals surface area contributed by atoms with Gasteiger partial charge in [-0.25, -0.2) is 0 Å². The Hall–Kier alpha value is -1.55. The Morgan fingerprint density at radius 1 is 1.38 bits per heavy atom. The smallest absolute Gasteiger partial charge is 0.130 e. The third-order valence-electron chi connectivity index (χ3n) is 1.89. The fourth-order valence-electron chi connectivity index (χ4n) is 1.09. The molecule has 0 saturated heterocycles. The zero-order valence-corrected chi connectivity index (χ0v) is 7.71. The van der Waals surface area contributed by atoms with Gasteiger partial charge in [0.2, 0.25) is 0 Å². The second-order valence-electron chi connectivity index (χ2n) is 3.04. The Morgan fingerprint density at radius 2 is 2.00 bits per heavy atom. The van der Waals surface area contributed by atoms with Crippen molar-refractivity contribution < 1.29 is 4.79 Å². The molecule has 0 aliphatic carbocycles. The van der Waals surface area contributed by atoms with E-state index in [4.69, 9.17) is 6.42 Å². The predicted octanol–water partition coefficient (Wildman–Crippen LogP) is 2.19. The van der Waals surface area contributed by atoms with Gasteiger partial charge >= 0.3 is 0 Å². The summed E-state index contributed by atoms with van der Waals surface area (Å²) >= 11 is 0. The van der Waals surface area contributed by atoms with Gasteiger partial charge in [0.25, 0.3) is 0 Å². The van der Waals surface area contributed by atoms with Crippen LogP contribution < -0.4 is 0 Å². The number of carbonyl (C=O) groups excluding carboxylic acids is 1. The lowest BCUT2D eigenvalue weighted by atomic mass is 10.1. The van der Waals surface area contributed by atoms with Crippen LogP contribution in [-0.2, 0) is 11.2 Å². The van der Waals surface area contributed by atoms with E-state index in [0.29, 0.717) is 6.42 Å². The molecule has 0 aliphatic rings. The molecule has 0 bridgehead atoms. The van der Waals surface area contributed by atoms with Crippen LogP contribution in [0.3, 0.4) is 0 Å². The first-order chi connectivity index (χ1) is 6.22. The van der Waals surface area contributed by atoms with Gasteiger partial charge in [-0.15, -0.1) is 6.42 Å². The Labute approximate surface area is 78.8 Å². The quantitative estimate of drug-likeness (QED) is 0.639. The minimum Gasteiger partial charge on any atom is -0.300 e. The number of ketones is 1. The minimum absolute atomic E-state index is 0.223. The molecule has 0 spiro atoms. The van der Waals surface area contributed by atoms with Crippen LogP contribution in [0.15, 0.2) is 24.3 Å². The second kappa shape index (κ2) is 4.47. The number of Topliss-reactive ketones (excluding diaryl/α,β-unsaturated/α-hetero) is 1.